The van der Waals surface area contributed by atoms with Crippen molar-refractivity contribution in [1.82, 2.24) is 15.1 Å². The van der Waals surface area contributed by atoms with Gasteiger partial charge < -0.3 is 24.8 Å². The van der Waals surface area contributed by atoms with Crippen molar-refractivity contribution < 1.29 is 19.4 Å². The van der Waals surface area contributed by atoms with Crippen molar-refractivity contribution in [2.45, 2.75) is 38.8 Å². The van der Waals surface area contributed by atoms with Crippen LogP contribution in [0, 0.1) is 13.8 Å². The van der Waals surface area contributed by atoms with Crippen LogP contribution in [0.5, 0.6) is 11.5 Å². The number of carbonyl (C=O) groups is 1. The Kier molecular flexibility index (Phi) is 7.86. The van der Waals surface area contributed by atoms with Crippen molar-refractivity contribution >= 4 is 17.6 Å². The second-order valence-electron chi connectivity index (χ2n) is 9.41. The molecule has 2 amide bonds. The third kappa shape index (κ3) is 6.34. The van der Waals surface area contributed by atoms with Crippen LogP contribution < -0.4 is 14.8 Å². The van der Waals surface area contributed by atoms with Gasteiger partial charge in [0.2, 0.25) is 0 Å². The number of hydrogen-bond donors (Lipinski definition) is 2. The zero-order chi connectivity index (χ0) is 24.1. The maximum Gasteiger partial charge on any atom is 0.317 e. The van der Waals surface area contributed by atoms with Crippen molar-refractivity contribution in [2.24, 2.45) is 0 Å². The molecule has 34 heavy (non-hydrogen) atoms. The minimum absolute atomic E-state index is 0.0239. The average molecular weight is 488 g/mol. The van der Waals surface area contributed by atoms with Crippen LogP contribution in [0.1, 0.15) is 29.5 Å². The number of nitrogens with zero attached hydrogens (tertiary/aromatic N) is 2. The molecule has 0 unspecified atom stereocenters. The highest BCUT2D eigenvalue weighted by Gasteiger charge is 2.34. The molecule has 0 aliphatic carbocycles. The van der Waals surface area contributed by atoms with E-state index in [4.69, 9.17) is 21.1 Å². The number of likely N-dealkylation sites (tertiary alicyclic amines) is 1. The molecule has 0 spiro atoms. The third-order valence-electron chi connectivity index (χ3n) is 6.46. The number of hydrogen-bond acceptors (Lipinski definition) is 5. The van der Waals surface area contributed by atoms with E-state index in [1.54, 1.807) is 4.90 Å². The SMILES string of the molecule is Cc1cc(OC[C@@]2(O)CCCN(Cc3ccc(OCCN4CCNC4=O)cc3)C2)cc(C)c1Cl. The van der Waals surface area contributed by atoms with Crippen LogP contribution in [0.2, 0.25) is 5.02 Å². The second-order valence-corrected chi connectivity index (χ2v) is 9.79. The molecule has 0 saturated carbocycles. The van der Waals surface area contributed by atoms with Crippen molar-refractivity contribution in [3.8, 4) is 11.5 Å². The maximum atomic E-state index is 11.6. The van der Waals surface area contributed by atoms with Crippen LogP contribution >= 0.6 is 11.6 Å². The van der Waals surface area contributed by atoms with E-state index in [1.807, 2.05) is 38.1 Å². The molecule has 4 rings (SSSR count). The minimum Gasteiger partial charge on any atom is -0.492 e. The Morgan fingerprint density at radius 2 is 1.82 bits per heavy atom. The number of amides is 2. The normalized spacial score (nSPS) is 20.9. The maximum absolute atomic E-state index is 11.6. The number of carbonyl (C=O) groups excluding carboxylic acids is 1. The molecule has 2 aromatic rings. The van der Waals surface area contributed by atoms with Gasteiger partial charge in [-0.15, -0.1) is 0 Å². The van der Waals surface area contributed by atoms with E-state index in [0.717, 1.165) is 60.1 Å². The molecule has 8 heteroatoms. The van der Waals surface area contributed by atoms with E-state index in [9.17, 15) is 9.90 Å². The molecule has 0 radical (unpaired) electrons. The first-order chi connectivity index (χ1) is 16.3. The largest absolute Gasteiger partial charge is 0.492 e. The summed E-state index contributed by atoms with van der Waals surface area (Å²) >= 11 is 6.25. The quantitative estimate of drug-likeness (QED) is 0.563. The van der Waals surface area contributed by atoms with Crippen LogP contribution in [0.15, 0.2) is 36.4 Å². The zero-order valence-electron chi connectivity index (χ0n) is 20.0. The Hall–Kier alpha value is -2.48. The van der Waals surface area contributed by atoms with Gasteiger partial charge in [-0.25, -0.2) is 4.79 Å². The van der Waals surface area contributed by atoms with Crippen LogP contribution in [-0.2, 0) is 6.54 Å². The number of piperidine rings is 1. The summed E-state index contributed by atoms with van der Waals surface area (Å²) in [6, 6.07) is 11.9. The highest BCUT2D eigenvalue weighted by molar-refractivity contribution is 6.32. The number of benzene rings is 2. The van der Waals surface area contributed by atoms with E-state index in [1.165, 1.54) is 5.56 Å². The highest BCUT2D eigenvalue weighted by atomic mass is 35.5. The molecule has 1 atom stereocenters. The Labute approximate surface area is 206 Å². The lowest BCUT2D eigenvalue weighted by molar-refractivity contribution is -0.0621. The summed E-state index contributed by atoms with van der Waals surface area (Å²) in [5.74, 6) is 1.53. The summed E-state index contributed by atoms with van der Waals surface area (Å²) in [6.45, 7) is 8.92. The number of aliphatic hydroxyl groups is 1. The molecule has 2 aliphatic rings. The van der Waals surface area contributed by atoms with Crippen molar-refractivity contribution in [1.29, 1.82) is 0 Å². The first kappa shape index (κ1) is 24.6. The molecule has 2 fully saturated rings. The Bertz CT molecular complexity index is 977. The molecule has 0 bridgehead atoms. The van der Waals surface area contributed by atoms with Crippen LogP contribution in [0.4, 0.5) is 4.79 Å². The third-order valence-corrected chi connectivity index (χ3v) is 7.05. The highest BCUT2D eigenvalue weighted by Crippen LogP contribution is 2.28. The molecule has 184 valence electrons. The summed E-state index contributed by atoms with van der Waals surface area (Å²) in [6.07, 6.45) is 1.64. The standard InChI is InChI=1S/C26H34ClN3O4/c1-19-14-23(15-20(2)24(19)27)34-18-26(32)8-3-10-29(17-26)16-21-4-6-22(7-5-21)33-13-12-30-11-9-28-25(30)31/h4-7,14-15,32H,3,8-13,16-18H2,1-2H3,(H,28,31)/t26-/m1/s1. The van der Waals surface area contributed by atoms with Gasteiger partial charge in [-0.1, -0.05) is 23.7 Å². The smallest absolute Gasteiger partial charge is 0.317 e. The Balaban J connectivity index is 1.25. The van der Waals surface area contributed by atoms with Crippen LogP contribution in [-0.4, -0.2) is 72.5 Å². The van der Waals surface area contributed by atoms with Gasteiger partial charge in [0.1, 0.15) is 30.3 Å². The summed E-state index contributed by atoms with van der Waals surface area (Å²) in [7, 11) is 0. The molecule has 2 aromatic carbocycles. The second kappa shape index (κ2) is 10.8. The van der Waals surface area contributed by atoms with Gasteiger partial charge in [-0.2, -0.15) is 0 Å². The monoisotopic (exact) mass is 487 g/mol. The lowest BCUT2D eigenvalue weighted by atomic mass is 9.93. The lowest BCUT2D eigenvalue weighted by Crippen LogP contribution is -2.51. The van der Waals surface area contributed by atoms with E-state index < -0.39 is 5.60 Å². The van der Waals surface area contributed by atoms with Gasteiger partial charge in [0, 0.05) is 31.2 Å². The van der Waals surface area contributed by atoms with Gasteiger partial charge in [-0.3, -0.25) is 4.90 Å². The van der Waals surface area contributed by atoms with E-state index in [0.29, 0.717) is 26.2 Å². The van der Waals surface area contributed by atoms with E-state index in [-0.39, 0.29) is 12.6 Å². The topological polar surface area (TPSA) is 74.3 Å². The fourth-order valence-electron chi connectivity index (χ4n) is 4.61. The first-order valence-corrected chi connectivity index (χ1v) is 12.3. The molecule has 2 N–H and O–H groups in total. The van der Waals surface area contributed by atoms with Crippen LogP contribution in [0.3, 0.4) is 0 Å². The number of urea groups is 1. The number of rotatable bonds is 9. The molecule has 2 heterocycles. The fraction of sp³-hybridized carbons (Fsp3) is 0.500. The lowest BCUT2D eigenvalue weighted by Gasteiger charge is -2.39. The minimum atomic E-state index is -0.884. The number of aryl methyl sites for hydroxylation is 2. The molecule has 2 saturated heterocycles. The Morgan fingerprint density at radius 3 is 2.50 bits per heavy atom. The summed E-state index contributed by atoms with van der Waals surface area (Å²) in [5, 5.41) is 14.7. The number of ether oxygens (including phenoxy) is 2. The Morgan fingerprint density at radius 1 is 1.09 bits per heavy atom. The number of halogens is 1. The van der Waals surface area contributed by atoms with Crippen molar-refractivity contribution in [3.05, 3.63) is 58.1 Å². The summed E-state index contributed by atoms with van der Waals surface area (Å²) < 4.78 is 11.8. The summed E-state index contributed by atoms with van der Waals surface area (Å²) in [5.41, 5.74) is 2.23. The van der Waals surface area contributed by atoms with E-state index >= 15 is 0 Å². The number of β-amino-alcohol motifs (C(OH)–C–C–N with tert-alkyl or cyclic N) is 1. The predicted molar refractivity (Wildman–Crippen MR) is 133 cm³/mol. The number of nitrogens with one attached hydrogen (secondary N) is 1. The first-order valence-electron chi connectivity index (χ1n) is 11.9. The molecule has 0 aromatic heterocycles. The summed E-state index contributed by atoms with van der Waals surface area (Å²) in [4.78, 5) is 15.6. The van der Waals surface area contributed by atoms with Crippen molar-refractivity contribution in [2.75, 3.05) is 45.9 Å². The van der Waals surface area contributed by atoms with Gasteiger partial charge >= 0.3 is 6.03 Å². The molecule has 7 nitrogen and oxygen atoms in total. The fourth-order valence-corrected chi connectivity index (χ4v) is 4.72. The van der Waals surface area contributed by atoms with Gasteiger partial charge in [0.05, 0.1) is 6.54 Å². The average Bonchev–Trinajstić information content (AvgIpc) is 3.22. The molecule has 2 aliphatic heterocycles. The van der Waals surface area contributed by atoms with E-state index in [2.05, 4.69) is 22.3 Å². The predicted octanol–water partition coefficient (Wildman–Crippen LogP) is 3.77. The zero-order valence-corrected chi connectivity index (χ0v) is 20.7. The van der Waals surface area contributed by atoms with Crippen molar-refractivity contribution in [3.63, 3.8) is 0 Å². The van der Waals surface area contributed by atoms with Gasteiger partial charge in [-0.05, 0) is 74.2 Å². The van der Waals surface area contributed by atoms with Crippen LogP contribution in [0.25, 0.3) is 0 Å². The van der Waals surface area contributed by atoms with Gasteiger partial charge in [0.25, 0.3) is 0 Å². The molecular weight excluding hydrogens is 454 g/mol. The van der Waals surface area contributed by atoms with Gasteiger partial charge in [0.15, 0.2) is 0 Å². The molecular formula is C26H34ClN3O4.